The molecule has 2 heterocycles. The van der Waals surface area contributed by atoms with Crippen molar-refractivity contribution >= 4 is 50.6 Å². The Bertz CT molecular complexity index is 1290. The number of non-ortho nitro benzene ring substituents is 1. The van der Waals surface area contributed by atoms with Crippen molar-refractivity contribution < 1.29 is 18.8 Å². The molecule has 2 aromatic heterocycles. The quantitative estimate of drug-likeness (QED) is 0.220. The van der Waals surface area contributed by atoms with E-state index in [2.05, 4.69) is 10.3 Å². The summed E-state index contributed by atoms with van der Waals surface area (Å²) in [7, 11) is 1.54. The monoisotopic (exact) mass is 492 g/mol. The number of methoxy groups -OCH3 is 1. The van der Waals surface area contributed by atoms with Gasteiger partial charge in [-0.25, -0.2) is 9.37 Å². The van der Waals surface area contributed by atoms with Crippen LogP contribution in [0, 0.1) is 15.9 Å². The number of aryl methyl sites for hydroxylation is 2. The molecule has 0 spiro atoms. The molecule has 0 fully saturated rings. The minimum atomic E-state index is -0.778. The van der Waals surface area contributed by atoms with E-state index < -0.39 is 16.6 Å². The highest BCUT2D eigenvalue weighted by atomic mass is 32.2. The van der Waals surface area contributed by atoms with E-state index in [1.807, 2.05) is 0 Å². The van der Waals surface area contributed by atoms with Crippen LogP contribution in [-0.4, -0.2) is 39.9 Å². The Morgan fingerprint density at radius 3 is 2.94 bits per heavy atom. The highest BCUT2D eigenvalue weighted by Crippen LogP contribution is 2.34. The van der Waals surface area contributed by atoms with Crippen LogP contribution in [0.5, 0.6) is 0 Å². The highest BCUT2D eigenvalue weighted by Gasteiger charge is 2.23. The van der Waals surface area contributed by atoms with E-state index in [4.69, 9.17) is 4.74 Å². The zero-order valence-electron chi connectivity index (χ0n) is 17.8. The summed E-state index contributed by atoms with van der Waals surface area (Å²) in [4.78, 5) is 42.5. The number of rotatable bonds is 8. The smallest absolute Gasteiger partial charge is 0.271 e. The summed E-state index contributed by atoms with van der Waals surface area (Å²) >= 11 is 2.57. The summed E-state index contributed by atoms with van der Waals surface area (Å²) < 4.78 is 20.6. The van der Waals surface area contributed by atoms with Crippen LogP contribution in [0.25, 0.3) is 10.2 Å². The second-order valence-electron chi connectivity index (χ2n) is 7.49. The first kappa shape index (κ1) is 23.3. The lowest BCUT2D eigenvalue weighted by atomic mass is 9.97. The number of carbonyl (C=O) groups excluding carboxylic acids is 1. The number of nitro benzene ring substituents is 1. The number of ether oxygens (including phenoxy) is 1. The molecule has 1 N–H and O–H groups in total. The molecule has 0 saturated carbocycles. The Kier molecular flexibility index (Phi) is 7.05. The van der Waals surface area contributed by atoms with Crippen LogP contribution in [0.2, 0.25) is 0 Å². The van der Waals surface area contributed by atoms with Crippen LogP contribution in [0.4, 0.5) is 15.8 Å². The number of hydrogen-bond donors (Lipinski definition) is 1. The van der Waals surface area contributed by atoms with E-state index in [1.54, 1.807) is 0 Å². The summed E-state index contributed by atoms with van der Waals surface area (Å²) in [6, 6.07) is 2.91. The molecule has 33 heavy (non-hydrogen) atoms. The lowest BCUT2D eigenvalue weighted by Crippen LogP contribution is -2.26. The van der Waals surface area contributed by atoms with Crippen molar-refractivity contribution in [3.8, 4) is 0 Å². The Labute approximate surface area is 196 Å². The van der Waals surface area contributed by atoms with Gasteiger partial charge in [-0.1, -0.05) is 11.8 Å². The number of anilines is 1. The van der Waals surface area contributed by atoms with Gasteiger partial charge in [-0.15, -0.1) is 11.3 Å². The molecule has 1 aromatic carbocycles. The fourth-order valence-corrected chi connectivity index (χ4v) is 5.88. The van der Waals surface area contributed by atoms with Crippen LogP contribution >= 0.6 is 23.1 Å². The molecule has 1 aliphatic rings. The fraction of sp³-hybridized carbons (Fsp3) is 0.381. The third-order valence-corrected chi connectivity index (χ3v) is 7.49. The van der Waals surface area contributed by atoms with Gasteiger partial charge in [0.1, 0.15) is 10.6 Å². The average molecular weight is 493 g/mol. The molecule has 0 unspecified atom stereocenters. The number of fused-ring (bicyclic) bond motifs is 3. The molecular formula is C21H21FN4O5S2. The number of amides is 1. The van der Waals surface area contributed by atoms with Gasteiger partial charge in [-0.3, -0.25) is 24.3 Å². The van der Waals surface area contributed by atoms with Gasteiger partial charge in [-0.2, -0.15) is 0 Å². The van der Waals surface area contributed by atoms with Gasteiger partial charge in [0.2, 0.25) is 5.91 Å². The van der Waals surface area contributed by atoms with Gasteiger partial charge in [0.15, 0.2) is 5.16 Å². The van der Waals surface area contributed by atoms with Crippen LogP contribution in [-0.2, 0) is 28.9 Å². The second kappa shape index (κ2) is 9.98. The molecule has 0 bridgehead atoms. The van der Waals surface area contributed by atoms with E-state index >= 15 is 0 Å². The van der Waals surface area contributed by atoms with E-state index in [0.717, 1.165) is 61.2 Å². The van der Waals surface area contributed by atoms with E-state index in [-0.39, 0.29) is 29.2 Å². The normalized spacial score (nSPS) is 13.2. The zero-order valence-corrected chi connectivity index (χ0v) is 19.4. The molecule has 0 atom stereocenters. The summed E-state index contributed by atoms with van der Waals surface area (Å²) in [5.74, 6) is -1.50. The molecule has 0 aliphatic heterocycles. The molecule has 0 radical (unpaired) electrons. The van der Waals surface area contributed by atoms with Crippen molar-refractivity contribution in [2.45, 2.75) is 37.4 Å². The van der Waals surface area contributed by atoms with Crippen LogP contribution < -0.4 is 10.9 Å². The topological polar surface area (TPSA) is 116 Å². The summed E-state index contributed by atoms with van der Waals surface area (Å²) in [5, 5.41) is 14.3. The van der Waals surface area contributed by atoms with Crippen LogP contribution in [0.1, 0.15) is 23.3 Å². The standard InChI is InChI=1S/C21H21FN4O5S2/c1-31-9-8-25-20(28)18-13-4-2-3-5-16(13)33-19(18)24-21(25)32-11-17(27)23-15-10-12(26(29)30)6-7-14(15)22/h6-7,10H,2-5,8-9,11H2,1H3,(H,23,27). The minimum Gasteiger partial charge on any atom is -0.383 e. The first-order chi connectivity index (χ1) is 15.9. The number of halogens is 1. The van der Waals surface area contributed by atoms with Crippen LogP contribution in [0.3, 0.4) is 0 Å². The molecule has 0 saturated heterocycles. The van der Waals surface area contributed by atoms with Crippen molar-refractivity contribution in [2.75, 3.05) is 24.8 Å². The molecule has 174 valence electrons. The Hall–Kier alpha value is -2.83. The van der Waals surface area contributed by atoms with E-state index in [0.29, 0.717) is 22.0 Å². The Morgan fingerprint density at radius 1 is 1.39 bits per heavy atom. The molecule has 4 rings (SSSR count). The highest BCUT2D eigenvalue weighted by molar-refractivity contribution is 7.99. The zero-order chi connectivity index (χ0) is 23.5. The maximum absolute atomic E-state index is 14.0. The van der Waals surface area contributed by atoms with E-state index in [1.165, 1.54) is 27.9 Å². The molecule has 1 aliphatic carbocycles. The number of hydrogen-bond acceptors (Lipinski definition) is 8. The lowest BCUT2D eigenvalue weighted by Gasteiger charge is -2.13. The van der Waals surface area contributed by atoms with Gasteiger partial charge < -0.3 is 10.1 Å². The predicted octanol–water partition coefficient (Wildman–Crippen LogP) is 3.76. The first-order valence-electron chi connectivity index (χ1n) is 10.3. The Balaban J connectivity index is 1.59. The third kappa shape index (κ3) is 4.92. The van der Waals surface area contributed by atoms with Gasteiger partial charge in [0.05, 0.1) is 34.9 Å². The molecule has 9 nitrogen and oxygen atoms in total. The van der Waals surface area contributed by atoms with Gasteiger partial charge >= 0.3 is 0 Å². The van der Waals surface area contributed by atoms with Crippen molar-refractivity contribution in [3.05, 3.63) is 54.9 Å². The number of nitrogens with zero attached hydrogens (tertiary/aromatic N) is 3. The number of nitro groups is 1. The Morgan fingerprint density at radius 2 is 2.18 bits per heavy atom. The SMILES string of the molecule is COCCn1c(SCC(=O)Nc2cc([N+](=O)[O-])ccc2F)nc2sc3c(c2c1=O)CCCC3. The first-order valence-corrected chi connectivity index (χ1v) is 12.1. The summed E-state index contributed by atoms with van der Waals surface area (Å²) in [5.41, 5.74) is 0.326. The minimum absolute atomic E-state index is 0.149. The maximum atomic E-state index is 14.0. The largest absolute Gasteiger partial charge is 0.383 e. The predicted molar refractivity (Wildman–Crippen MR) is 125 cm³/mol. The van der Waals surface area contributed by atoms with Gasteiger partial charge in [0.25, 0.3) is 11.2 Å². The molecule has 12 heteroatoms. The average Bonchev–Trinajstić information content (AvgIpc) is 3.17. The fourth-order valence-electron chi connectivity index (χ4n) is 3.75. The second-order valence-corrected chi connectivity index (χ2v) is 9.52. The van der Waals surface area contributed by atoms with Crippen molar-refractivity contribution in [3.63, 3.8) is 0 Å². The van der Waals surface area contributed by atoms with Gasteiger partial charge in [-0.05, 0) is 37.3 Å². The van der Waals surface area contributed by atoms with Crippen LogP contribution in [0.15, 0.2) is 28.2 Å². The van der Waals surface area contributed by atoms with Crippen molar-refractivity contribution in [1.29, 1.82) is 0 Å². The van der Waals surface area contributed by atoms with Crippen molar-refractivity contribution in [2.24, 2.45) is 0 Å². The maximum Gasteiger partial charge on any atom is 0.271 e. The number of thioether (sulfide) groups is 1. The lowest BCUT2D eigenvalue weighted by molar-refractivity contribution is -0.384. The number of nitrogens with one attached hydrogen (secondary N) is 1. The number of aromatic nitrogens is 2. The molecule has 1 amide bonds. The number of carbonyl (C=O) groups is 1. The summed E-state index contributed by atoms with van der Waals surface area (Å²) in [6.07, 6.45) is 3.93. The van der Waals surface area contributed by atoms with Crippen molar-refractivity contribution in [1.82, 2.24) is 9.55 Å². The number of benzene rings is 1. The molecular weight excluding hydrogens is 471 g/mol. The van der Waals surface area contributed by atoms with Gasteiger partial charge in [0, 0.05) is 24.1 Å². The summed E-state index contributed by atoms with van der Waals surface area (Å²) in [6.45, 7) is 0.588. The third-order valence-electron chi connectivity index (χ3n) is 5.33. The van der Waals surface area contributed by atoms with E-state index in [9.17, 15) is 24.1 Å². The number of thiophene rings is 1. The molecule has 3 aromatic rings.